The highest BCUT2D eigenvalue weighted by molar-refractivity contribution is 7.91. The van der Waals surface area contributed by atoms with Crippen LogP contribution in [0.2, 0.25) is 0 Å². The Morgan fingerprint density at radius 1 is 1.05 bits per heavy atom. The van der Waals surface area contributed by atoms with Gasteiger partial charge in [0.2, 0.25) is 0 Å². The van der Waals surface area contributed by atoms with E-state index in [1.807, 2.05) is 0 Å². The van der Waals surface area contributed by atoms with Crippen LogP contribution < -0.4 is 5.32 Å². The molecular formula is C15H29N3O2S. The molecule has 1 N–H and O–H groups in total. The summed E-state index contributed by atoms with van der Waals surface area (Å²) >= 11 is 0. The predicted octanol–water partition coefficient (Wildman–Crippen LogP) is 0.323. The molecular weight excluding hydrogens is 286 g/mol. The summed E-state index contributed by atoms with van der Waals surface area (Å²) in [6.45, 7) is 6.35. The second-order valence-corrected chi connectivity index (χ2v) is 9.10. The predicted molar refractivity (Wildman–Crippen MR) is 85.3 cm³/mol. The first kappa shape index (κ1) is 15.7. The summed E-state index contributed by atoms with van der Waals surface area (Å²) in [7, 11) is -2.79. The quantitative estimate of drug-likeness (QED) is 0.810. The van der Waals surface area contributed by atoms with Gasteiger partial charge in [0.15, 0.2) is 9.84 Å². The van der Waals surface area contributed by atoms with E-state index in [1.165, 1.54) is 38.8 Å². The topological polar surface area (TPSA) is 52.7 Å². The molecule has 2 heterocycles. The standard InChI is InChI=1S/C15H29N3O2S/c19-21(20)12-6-16-14(13-21)5-7-17-8-10-18(11-9-17)15-3-1-2-4-15/h14-16H,1-13H2. The number of rotatable bonds is 4. The molecule has 3 aliphatic rings. The molecule has 0 aromatic heterocycles. The van der Waals surface area contributed by atoms with Gasteiger partial charge in [-0.05, 0) is 25.8 Å². The molecule has 0 aromatic rings. The molecule has 0 radical (unpaired) electrons. The van der Waals surface area contributed by atoms with E-state index in [0.717, 1.165) is 32.1 Å². The maximum absolute atomic E-state index is 11.6. The summed E-state index contributed by atoms with van der Waals surface area (Å²) in [6, 6.07) is 1.01. The number of hydrogen-bond donors (Lipinski definition) is 1. The van der Waals surface area contributed by atoms with Gasteiger partial charge in [-0.2, -0.15) is 0 Å². The van der Waals surface area contributed by atoms with Crippen LogP contribution in [0.1, 0.15) is 32.1 Å². The van der Waals surface area contributed by atoms with Crippen molar-refractivity contribution in [1.29, 1.82) is 0 Å². The first-order valence-electron chi connectivity index (χ1n) is 8.53. The average Bonchev–Trinajstić information content (AvgIpc) is 2.99. The van der Waals surface area contributed by atoms with Gasteiger partial charge in [-0.15, -0.1) is 0 Å². The lowest BCUT2D eigenvalue weighted by atomic mass is 10.1. The molecule has 1 aliphatic carbocycles. The molecule has 0 aromatic carbocycles. The third-order valence-corrected chi connectivity index (χ3v) is 7.08. The van der Waals surface area contributed by atoms with E-state index >= 15 is 0 Å². The molecule has 1 unspecified atom stereocenters. The van der Waals surface area contributed by atoms with Crippen molar-refractivity contribution in [2.75, 3.05) is 50.8 Å². The maximum Gasteiger partial charge on any atom is 0.153 e. The Bertz CT molecular complexity index is 426. The summed E-state index contributed by atoms with van der Waals surface area (Å²) < 4.78 is 23.3. The van der Waals surface area contributed by atoms with Gasteiger partial charge in [0.25, 0.3) is 0 Å². The molecule has 1 saturated carbocycles. The summed E-state index contributed by atoms with van der Waals surface area (Å²) in [5, 5.41) is 3.35. The van der Waals surface area contributed by atoms with Gasteiger partial charge >= 0.3 is 0 Å². The van der Waals surface area contributed by atoms with E-state index in [1.54, 1.807) is 0 Å². The van der Waals surface area contributed by atoms with Crippen molar-refractivity contribution in [3.63, 3.8) is 0 Å². The van der Waals surface area contributed by atoms with Gasteiger partial charge < -0.3 is 10.2 Å². The summed E-state index contributed by atoms with van der Waals surface area (Å²) in [5.41, 5.74) is 0. The molecule has 2 aliphatic heterocycles. The molecule has 6 heteroatoms. The van der Waals surface area contributed by atoms with Crippen LogP contribution in [-0.4, -0.2) is 81.1 Å². The highest BCUT2D eigenvalue weighted by Crippen LogP contribution is 2.24. The molecule has 3 fully saturated rings. The lowest BCUT2D eigenvalue weighted by Gasteiger charge is -2.38. The zero-order valence-electron chi connectivity index (χ0n) is 13.0. The zero-order chi connectivity index (χ0) is 14.7. The minimum atomic E-state index is -2.79. The second-order valence-electron chi connectivity index (χ2n) is 6.87. The van der Waals surface area contributed by atoms with Crippen molar-refractivity contribution in [3.8, 4) is 0 Å². The number of piperazine rings is 1. The molecule has 5 nitrogen and oxygen atoms in total. The Hall–Kier alpha value is -0.170. The Labute approximate surface area is 129 Å². The van der Waals surface area contributed by atoms with Gasteiger partial charge in [0.1, 0.15) is 0 Å². The number of hydrogen-bond acceptors (Lipinski definition) is 5. The van der Waals surface area contributed by atoms with Crippen LogP contribution in [0.15, 0.2) is 0 Å². The molecule has 0 amide bonds. The molecule has 3 rings (SSSR count). The van der Waals surface area contributed by atoms with Crippen molar-refractivity contribution in [2.24, 2.45) is 0 Å². The van der Waals surface area contributed by atoms with Crippen LogP contribution in [0, 0.1) is 0 Å². The van der Waals surface area contributed by atoms with Gasteiger partial charge in [-0.1, -0.05) is 12.8 Å². The Morgan fingerprint density at radius 3 is 2.43 bits per heavy atom. The Morgan fingerprint density at radius 2 is 1.76 bits per heavy atom. The molecule has 2 saturated heterocycles. The highest BCUT2D eigenvalue weighted by atomic mass is 32.2. The SMILES string of the molecule is O=S1(=O)CCNC(CCN2CCN(C3CCCC3)CC2)C1. The Kier molecular flexibility index (Phi) is 5.19. The van der Waals surface area contributed by atoms with E-state index in [0.29, 0.717) is 18.1 Å². The van der Waals surface area contributed by atoms with Crippen molar-refractivity contribution in [1.82, 2.24) is 15.1 Å². The molecule has 1 atom stereocenters. The van der Waals surface area contributed by atoms with Gasteiger partial charge in [-0.3, -0.25) is 4.90 Å². The van der Waals surface area contributed by atoms with Crippen LogP contribution in [-0.2, 0) is 9.84 Å². The van der Waals surface area contributed by atoms with Crippen molar-refractivity contribution in [3.05, 3.63) is 0 Å². The summed E-state index contributed by atoms with van der Waals surface area (Å²) in [6.07, 6.45) is 6.57. The lowest BCUT2D eigenvalue weighted by molar-refractivity contribution is 0.0956. The molecule has 0 spiro atoms. The largest absolute Gasteiger partial charge is 0.312 e. The lowest BCUT2D eigenvalue weighted by Crippen LogP contribution is -2.51. The van der Waals surface area contributed by atoms with Crippen LogP contribution in [0.25, 0.3) is 0 Å². The smallest absolute Gasteiger partial charge is 0.153 e. The third kappa shape index (κ3) is 4.41. The van der Waals surface area contributed by atoms with E-state index in [-0.39, 0.29) is 6.04 Å². The monoisotopic (exact) mass is 315 g/mol. The van der Waals surface area contributed by atoms with Crippen molar-refractivity contribution < 1.29 is 8.42 Å². The molecule has 0 bridgehead atoms. The van der Waals surface area contributed by atoms with Crippen molar-refractivity contribution >= 4 is 9.84 Å². The van der Waals surface area contributed by atoms with E-state index in [9.17, 15) is 8.42 Å². The van der Waals surface area contributed by atoms with Crippen molar-refractivity contribution in [2.45, 2.75) is 44.2 Å². The first-order chi connectivity index (χ1) is 10.1. The highest BCUT2D eigenvalue weighted by Gasteiger charge is 2.27. The number of nitrogens with zero attached hydrogens (tertiary/aromatic N) is 2. The maximum atomic E-state index is 11.6. The van der Waals surface area contributed by atoms with E-state index < -0.39 is 9.84 Å². The van der Waals surface area contributed by atoms with Crippen LogP contribution in [0.4, 0.5) is 0 Å². The number of sulfone groups is 1. The van der Waals surface area contributed by atoms with E-state index in [2.05, 4.69) is 15.1 Å². The first-order valence-corrected chi connectivity index (χ1v) is 10.3. The van der Waals surface area contributed by atoms with Crippen LogP contribution >= 0.6 is 0 Å². The fraction of sp³-hybridized carbons (Fsp3) is 1.00. The van der Waals surface area contributed by atoms with Crippen LogP contribution in [0.3, 0.4) is 0 Å². The minimum absolute atomic E-state index is 0.164. The summed E-state index contributed by atoms with van der Waals surface area (Å²) in [4.78, 5) is 5.18. The van der Waals surface area contributed by atoms with Gasteiger partial charge in [-0.25, -0.2) is 8.42 Å². The van der Waals surface area contributed by atoms with Gasteiger partial charge in [0, 0.05) is 44.8 Å². The van der Waals surface area contributed by atoms with Gasteiger partial charge in [0.05, 0.1) is 11.5 Å². The molecule has 21 heavy (non-hydrogen) atoms. The fourth-order valence-electron chi connectivity index (χ4n) is 4.01. The minimum Gasteiger partial charge on any atom is -0.312 e. The second kappa shape index (κ2) is 6.94. The average molecular weight is 315 g/mol. The Balaban J connectivity index is 1.37. The summed E-state index contributed by atoms with van der Waals surface area (Å²) in [5.74, 6) is 0.638. The van der Waals surface area contributed by atoms with Crippen LogP contribution in [0.5, 0.6) is 0 Å². The fourth-order valence-corrected chi connectivity index (χ4v) is 5.51. The molecule has 122 valence electrons. The zero-order valence-corrected chi connectivity index (χ0v) is 13.8. The normalized spacial score (nSPS) is 32.5. The number of nitrogens with one attached hydrogen (secondary N) is 1. The third-order valence-electron chi connectivity index (χ3n) is 5.34. The van der Waals surface area contributed by atoms with E-state index in [4.69, 9.17) is 0 Å².